The molecule has 0 aliphatic carbocycles. The number of rotatable bonds is 3. The van der Waals surface area contributed by atoms with Crippen LogP contribution in [0.3, 0.4) is 0 Å². The molecule has 0 aromatic heterocycles. The van der Waals surface area contributed by atoms with Gasteiger partial charge in [-0.3, -0.25) is 0 Å². The predicted octanol–water partition coefficient (Wildman–Crippen LogP) is 0.314. The molecule has 0 spiro atoms. The average molecular weight is 276 g/mol. The van der Waals surface area contributed by atoms with Crippen LogP contribution in [0.2, 0.25) is 0 Å². The number of hydrogen-bond donors (Lipinski definition) is 3. The molecule has 0 unspecified atom stereocenters. The largest absolute Gasteiger partial charge is 0.314 e. The number of nitrogens with zero attached hydrogens (tertiary/aromatic N) is 1. The molecule has 0 saturated carbocycles. The van der Waals surface area contributed by atoms with Crippen LogP contribution in [-0.2, 0) is 6.42 Å². The van der Waals surface area contributed by atoms with Gasteiger partial charge in [-0.1, -0.05) is 30.3 Å². The fourth-order valence-electron chi connectivity index (χ4n) is 2.47. The van der Waals surface area contributed by atoms with Gasteiger partial charge in [0.15, 0.2) is 0 Å². The molecular weight excluding hydrogens is 248 g/mol. The quantitative estimate of drug-likeness (QED) is 0.743. The van der Waals surface area contributed by atoms with E-state index in [0.717, 1.165) is 65.3 Å². The molecule has 1 heterocycles. The normalized spacial score (nSPS) is 20.0. The Kier molecular flexibility index (Phi) is 7.64. The fourth-order valence-corrected chi connectivity index (χ4v) is 2.47. The molecule has 1 aliphatic heterocycles. The predicted molar refractivity (Wildman–Crippen MR) is 85.2 cm³/mol. The Bertz CT molecular complexity index is 330. The molecule has 1 aromatic rings. The highest BCUT2D eigenvalue weighted by Crippen LogP contribution is 2.01. The second-order valence-corrected chi connectivity index (χ2v) is 5.33. The van der Waals surface area contributed by atoms with Gasteiger partial charge in [-0.2, -0.15) is 0 Å². The van der Waals surface area contributed by atoms with Crippen LogP contribution < -0.4 is 16.0 Å². The monoisotopic (exact) mass is 276 g/mol. The van der Waals surface area contributed by atoms with Crippen molar-refractivity contribution in [3.8, 4) is 0 Å². The lowest BCUT2D eigenvalue weighted by atomic mass is 10.1. The van der Waals surface area contributed by atoms with E-state index in [2.05, 4.69) is 51.2 Å². The van der Waals surface area contributed by atoms with Crippen LogP contribution in [0.15, 0.2) is 30.3 Å². The van der Waals surface area contributed by atoms with Crippen LogP contribution in [0.5, 0.6) is 0 Å². The molecular formula is C16H28N4. The Morgan fingerprint density at radius 2 is 1.30 bits per heavy atom. The van der Waals surface area contributed by atoms with Crippen molar-refractivity contribution < 1.29 is 0 Å². The third-order valence-electron chi connectivity index (χ3n) is 3.73. The smallest absolute Gasteiger partial charge is 0.0108 e. The summed E-state index contributed by atoms with van der Waals surface area (Å²) >= 11 is 0. The van der Waals surface area contributed by atoms with Crippen molar-refractivity contribution in [1.82, 2.24) is 20.9 Å². The Hall–Kier alpha value is -0.940. The van der Waals surface area contributed by atoms with E-state index in [-0.39, 0.29) is 0 Å². The molecule has 3 N–H and O–H groups in total. The Labute approximate surface area is 122 Å². The van der Waals surface area contributed by atoms with Gasteiger partial charge in [-0.15, -0.1) is 0 Å². The first-order chi connectivity index (χ1) is 9.95. The molecule has 0 radical (unpaired) electrons. The lowest BCUT2D eigenvalue weighted by Gasteiger charge is -2.23. The number of benzene rings is 1. The first kappa shape index (κ1) is 15.4. The zero-order valence-corrected chi connectivity index (χ0v) is 12.4. The van der Waals surface area contributed by atoms with Gasteiger partial charge in [0, 0.05) is 58.9 Å². The highest BCUT2D eigenvalue weighted by molar-refractivity contribution is 5.14. The summed E-state index contributed by atoms with van der Waals surface area (Å²) in [6.07, 6.45) is 1.14. The molecule has 0 bridgehead atoms. The van der Waals surface area contributed by atoms with Gasteiger partial charge >= 0.3 is 0 Å². The van der Waals surface area contributed by atoms with Crippen LogP contribution in [0.25, 0.3) is 0 Å². The third-order valence-corrected chi connectivity index (χ3v) is 3.73. The lowest BCUT2D eigenvalue weighted by molar-refractivity contribution is 0.274. The minimum Gasteiger partial charge on any atom is -0.314 e. The molecule has 1 fully saturated rings. The van der Waals surface area contributed by atoms with Crippen LogP contribution in [-0.4, -0.2) is 63.8 Å². The summed E-state index contributed by atoms with van der Waals surface area (Å²) in [5.41, 5.74) is 1.43. The summed E-state index contributed by atoms with van der Waals surface area (Å²) in [6, 6.07) is 10.8. The molecule has 1 aromatic carbocycles. The number of nitrogens with one attached hydrogen (secondary N) is 3. The van der Waals surface area contributed by atoms with Crippen molar-refractivity contribution in [2.45, 2.75) is 6.42 Å². The van der Waals surface area contributed by atoms with Crippen molar-refractivity contribution in [2.24, 2.45) is 0 Å². The maximum absolute atomic E-state index is 3.51. The van der Waals surface area contributed by atoms with Gasteiger partial charge in [0.1, 0.15) is 0 Å². The fraction of sp³-hybridized carbons (Fsp3) is 0.625. The number of hydrogen-bond acceptors (Lipinski definition) is 4. The molecule has 4 heteroatoms. The second kappa shape index (κ2) is 9.88. The SMILES string of the molecule is c1ccc(CCN2CCNCCNCCNCC2)cc1. The third kappa shape index (κ3) is 6.48. The first-order valence-electron chi connectivity index (χ1n) is 7.83. The highest BCUT2D eigenvalue weighted by atomic mass is 15.2. The van der Waals surface area contributed by atoms with E-state index in [4.69, 9.17) is 0 Å². The van der Waals surface area contributed by atoms with Crippen LogP contribution >= 0.6 is 0 Å². The summed E-state index contributed by atoms with van der Waals surface area (Å²) in [6.45, 7) is 9.82. The van der Waals surface area contributed by atoms with Crippen molar-refractivity contribution >= 4 is 0 Å². The summed E-state index contributed by atoms with van der Waals surface area (Å²) in [5, 5.41) is 10.4. The molecule has 2 rings (SSSR count). The first-order valence-corrected chi connectivity index (χ1v) is 7.83. The van der Waals surface area contributed by atoms with E-state index < -0.39 is 0 Å². The van der Waals surface area contributed by atoms with Gasteiger partial charge in [0.2, 0.25) is 0 Å². The van der Waals surface area contributed by atoms with Crippen molar-refractivity contribution in [3.05, 3.63) is 35.9 Å². The van der Waals surface area contributed by atoms with Gasteiger partial charge in [0.25, 0.3) is 0 Å². The molecule has 1 saturated heterocycles. The zero-order valence-electron chi connectivity index (χ0n) is 12.4. The minimum atomic E-state index is 1.06. The Balaban J connectivity index is 1.74. The molecule has 20 heavy (non-hydrogen) atoms. The maximum Gasteiger partial charge on any atom is 0.0108 e. The van der Waals surface area contributed by atoms with E-state index in [1.165, 1.54) is 5.56 Å². The standard InChI is InChI=1S/C16H28N4/c1-2-4-16(5-3-1)6-13-20-14-11-18-9-7-17-8-10-19-12-15-20/h1-5,17-19H,6-15H2. The molecule has 112 valence electrons. The second-order valence-electron chi connectivity index (χ2n) is 5.33. The van der Waals surface area contributed by atoms with Gasteiger partial charge in [-0.05, 0) is 12.0 Å². The van der Waals surface area contributed by atoms with E-state index in [1.54, 1.807) is 0 Å². The lowest BCUT2D eigenvalue weighted by Crippen LogP contribution is -2.42. The van der Waals surface area contributed by atoms with E-state index >= 15 is 0 Å². The van der Waals surface area contributed by atoms with Crippen LogP contribution in [0, 0.1) is 0 Å². The topological polar surface area (TPSA) is 39.3 Å². The van der Waals surface area contributed by atoms with Gasteiger partial charge in [0.05, 0.1) is 0 Å². The Morgan fingerprint density at radius 1 is 0.750 bits per heavy atom. The van der Waals surface area contributed by atoms with Gasteiger partial charge < -0.3 is 20.9 Å². The summed E-state index contributed by atoms with van der Waals surface area (Å²) in [7, 11) is 0. The molecule has 0 atom stereocenters. The van der Waals surface area contributed by atoms with Crippen molar-refractivity contribution in [3.63, 3.8) is 0 Å². The molecule has 4 nitrogen and oxygen atoms in total. The van der Waals surface area contributed by atoms with E-state index in [9.17, 15) is 0 Å². The van der Waals surface area contributed by atoms with Crippen LogP contribution in [0.4, 0.5) is 0 Å². The highest BCUT2D eigenvalue weighted by Gasteiger charge is 2.05. The maximum atomic E-state index is 3.51. The van der Waals surface area contributed by atoms with Crippen LogP contribution in [0.1, 0.15) is 5.56 Å². The van der Waals surface area contributed by atoms with Gasteiger partial charge in [-0.25, -0.2) is 0 Å². The van der Waals surface area contributed by atoms with Crippen molar-refractivity contribution in [1.29, 1.82) is 0 Å². The summed E-state index contributed by atoms with van der Waals surface area (Å²) < 4.78 is 0. The minimum absolute atomic E-state index is 1.06. The average Bonchev–Trinajstić information content (AvgIpc) is 2.48. The molecule has 0 amide bonds. The zero-order chi connectivity index (χ0) is 13.9. The van der Waals surface area contributed by atoms with E-state index in [0.29, 0.717) is 0 Å². The van der Waals surface area contributed by atoms with Crippen molar-refractivity contribution in [2.75, 3.05) is 58.9 Å². The molecule has 1 aliphatic rings. The summed E-state index contributed by atoms with van der Waals surface area (Å²) in [4.78, 5) is 2.56. The Morgan fingerprint density at radius 3 is 1.90 bits per heavy atom. The van der Waals surface area contributed by atoms with E-state index in [1.807, 2.05) is 0 Å². The summed E-state index contributed by atoms with van der Waals surface area (Å²) in [5.74, 6) is 0.